The van der Waals surface area contributed by atoms with Gasteiger partial charge >= 0.3 is 0 Å². The SMILES string of the molecule is C=C(CCl)c1ccc(Cl)cc1Br. The van der Waals surface area contributed by atoms with Gasteiger partial charge in [0.15, 0.2) is 0 Å². The van der Waals surface area contributed by atoms with Crippen molar-refractivity contribution in [3.63, 3.8) is 0 Å². The number of benzene rings is 1. The van der Waals surface area contributed by atoms with Crippen LogP contribution in [-0.2, 0) is 0 Å². The van der Waals surface area contributed by atoms with E-state index in [1.165, 1.54) is 0 Å². The molecular formula is C9H7BrCl2. The third-order valence-corrected chi connectivity index (χ3v) is 2.69. The van der Waals surface area contributed by atoms with Crippen molar-refractivity contribution in [1.82, 2.24) is 0 Å². The summed E-state index contributed by atoms with van der Waals surface area (Å²) in [5.74, 6) is 0.431. The Labute approximate surface area is 90.3 Å². The molecule has 64 valence electrons. The minimum Gasteiger partial charge on any atom is -0.122 e. The lowest BCUT2D eigenvalue weighted by molar-refractivity contribution is 1.54. The fourth-order valence-electron chi connectivity index (χ4n) is 0.848. The average Bonchev–Trinajstić information content (AvgIpc) is 2.03. The van der Waals surface area contributed by atoms with Crippen molar-refractivity contribution in [3.8, 4) is 0 Å². The van der Waals surface area contributed by atoms with Crippen molar-refractivity contribution in [2.24, 2.45) is 0 Å². The first kappa shape index (κ1) is 10.1. The van der Waals surface area contributed by atoms with Crippen LogP contribution in [-0.4, -0.2) is 5.88 Å². The molecule has 1 rings (SSSR count). The Bertz CT molecular complexity index is 307. The molecule has 0 nitrogen and oxygen atoms in total. The van der Waals surface area contributed by atoms with E-state index in [4.69, 9.17) is 23.2 Å². The normalized spacial score (nSPS) is 9.92. The summed E-state index contributed by atoms with van der Waals surface area (Å²) in [6.07, 6.45) is 0. The molecule has 0 spiro atoms. The molecule has 1 aromatic rings. The number of hydrogen-bond donors (Lipinski definition) is 0. The van der Waals surface area contributed by atoms with E-state index in [2.05, 4.69) is 22.5 Å². The van der Waals surface area contributed by atoms with Crippen LogP contribution in [0.25, 0.3) is 5.57 Å². The molecule has 12 heavy (non-hydrogen) atoms. The van der Waals surface area contributed by atoms with Crippen LogP contribution in [0.2, 0.25) is 5.02 Å². The summed E-state index contributed by atoms with van der Waals surface area (Å²) in [6.45, 7) is 3.83. The highest BCUT2D eigenvalue weighted by Gasteiger charge is 2.02. The monoisotopic (exact) mass is 264 g/mol. The van der Waals surface area contributed by atoms with Crippen LogP contribution in [0.15, 0.2) is 29.3 Å². The number of halogens is 3. The van der Waals surface area contributed by atoms with Gasteiger partial charge in [0.25, 0.3) is 0 Å². The highest BCUT2D eigenvalue weighted by molar-refractivity contribution is 9.10. The number of hydrogen-bond acceptors (Lipinski definition) is 0. The van der Waals surface area contributed by atoms with Gasteiger partial charge in [-0.2, -0.15) is 0 Å². The molecule has 0 amide bonds. The molecule has 0 aliphatic carbocycles. The van der Waals surface area contributed by atoms with E-state index in [1.807, 2.05) is 18.2 Å². The smallest absolute Gasteiger partial charge is 0.0474 e. The van der Waals surface area contributed by atoms with Gasteiger partial charge in [0.05, 0.1) is 0 Å². The minimum absolute atomic E-state index is 0.431. The van der Waals surface area contributed by atoms with Gasteiger partial charge in [-0.25, -0.2) is 0 Å². The molecule has 0 fully saturated rings. The molecule has 0 N–H and O–H groups in total. The lowest BCUT2D eigenvalue weighted by Gasteiger charge is -2.04. The fraction of sp³-hybridized carbons (Fsp3) is 0.111. The Balaban J connectivity index is 3.09. The molecule has 0 saturated heterocycles. The van der Waals surface area contributed by atoms with Crippen LogP contribution >= 0.6 is 39.1 Å². The first-order chi connectivity index (χ1) is 5.65. The zero-order valence-electron chi connectivity index (χ0n) is 6.28. The van der Waals surface area contributed by atoms with Crippen LogP contribution in [0.1, 0.15) is 5.56 Å². The Kier molecular flexibility index (Phi) is 3.63. The Morgan fingerprint density at radius 2 is 2.17 bits per heavy atom. The van der Waals surface area contributed by atoms with Crippen LogP contribution < -0.4 is 0 Å². The zero-order chi connectivity index (χ0) is 9.14. The average molecular weight is 266 g/mol. The molecule has 0 aliphatic heterocycles. The van der Waals surface area contributed by atoms with Crippen LogP contribution in [0.4, 0.5) is 0 Å². The first-order valence-electron chi connectivity index (χ1n) is 3.34. The van der Waals surface area contributed by atoms with E-state index in [0.717, 1.165) is 15.6 Å². The summed E-state index contributed by atoms with van der Waals surface area (Å²) in [7, 11) is 0. The molecule has 0 radical (unpaired) electrons. The second kappa shape index (κ2) is 4.31. The molecule has 0 aliphatic rings. The number of allylic oxidation sites excluding steroid dienone is 1. The second-order valence-corrected chi connectivity index (χ2v) is 3.92. The maximum atomic E-state index is 5.77. The van der Waals surface area contributed by atoms with Gasteiger partial charge in [0, 0.05) is 15.4 Å². The Morgan fingerprint density at radius 3 is 2.67 bits per heavy atom. The molecule has 1 aromatic carbocycles. The molecule has 0 atom stereocenters. The van der Waals surface area contributed by atoms with Gasteiger partial charge in [-0.3, -0.25) is 0 Å². The summed E-state index contributed by atoms with van der Waals surface area (Å²) >= 11 is 14.8. The van der Waals surface area contributed by atoms with Crippen molar-refractivity contribution in [3.05, 3.63) is 39.8 Å². The van der Waals surface area contributed by atoms with E-state index in [1.54, 1.807) is 0 Å². The van der Waals surface area contributed by atoms with E-state index < -0.39 is 0 Å². The summed E-state index contributed by atoms with van der Waals surface area (Å²) in [4.78, 5) is 0. The summed E-state index contributed by atoms with van der Waals surface area (Å²) in [5.41, 5.74) is 1.90. The quantitative estimate of drug-likeness (QED) is 0.698. The van der Waals surface area contributed by atoms with E-state index >= 15 is 0 Å². The molecule has 0 bridgehead atoms. The fourth-order valence-corrected chi connectivity index (χ4v) is 1.96. The maximum absolute atomic E-state index is 5.77. The van der Waals surface area contributed by atoms with Crippen molar-refractivity contribution in [2.75, 3.05) is 5.88 Å². The van der Waals surface area contributed by atoms with E-state index in [0.29, 0.717) is 10.9 Å². The second-order valence-electron chi connectivity index (χ2n) is 2.36. The summed E-state index contributed by atoms with van der Waals surface area (Å²) < 4.78 is 0.931. The van der Waals surface area contributed by atoms with Gasteiger partial charge in [-0.15, -0.1) is 11.6 Å². The predicted octanol–water partition coefficient (Wildman–Crippen LogP) is 4.35. The third-order valence-electron chi connectivity index (χ3n) is 1.47. The first-order valence-corrected chi connectivity index (χ1v) is 5.05. The molecule has 3 heteroatoms. The highest BCUT2D eigenvalue weighted by Crippen LogP contribution is 2.26. The topological polar surface area (TPSA) is 0 Å². The molecule has 0 saturated carbocycles. The van der Waals surface area contributed by atoms with Gasteiger partial charge in [-0.1, -0.05) is 40.2 Å². The van der Waals surface area contributed by atoms with Crippen molar-refractivity contribution in [1.29, 1.82) is 0 Å². The van der Waals surface area contributed by atoms with Gasteiger partial charge < -0.3 is 0 Å². The van der Waals surface area contributed by atoms with Crippen molar-refractivity contribution >= 4 is 44.7 Å². The largest absolute Gasteiger partial charge is 0.122 e. The molecule has 0 aromatic heterocycles. The Morgan fingerprint density at radius 1 is 1.50 bits per heavy atom. The highest BCUT2D eigenvalue weighted by atomic mass is 79.9. The van der Waals surface area contributed by atoms with Crippen LogP contribution in [0.5, 0.6) is 0 Å². The predicted molar refractivity (Wildman–Crippen MR) is 58.9 cm³/mol. The van der Waals surface area contributed by atoms with Crippen molar-refractivity contribution in [2.45, 2.75) is 0 Å². The summed E-state index contributed by atoms with van der Waals surface area (Å²) in [5, 5.41) is 0.702. The maximum Gasteiger partial charge on any atom is 0.0474 e. The van der Waals surface area contributed by atoms with E-state index in [-0.39, 0.29) is 0 Å². The lowest BCUT2D eigenvalue weighted by Crippen LogP contribution is -1.85. The summed E-state index contributed by atoms with van der Waals surface area (Å²) in [6, 6.07) is 5.55. The standard InChI is InChI=1S/C9H7BrCl2/c1-6(5-11)8-3-2-7(12)4-9(8)10/h2-4H,1,5H2. The van der Waals surface area contributed by atoms with Gasteiger partial charge in [-0.05, 0) is 23.3 Å². The Hall–Kier alpha value is 0.0200. The van der Waals surface area contributed by atoms with Crippen LogP contribution in [0.3, 0.4) is 0 Å². The minimum atomic E-state index is 0.431. The number of alkyl halides is 1. The van der Waals surface area contributed by atoms with Gasteiger partial charge in [0.2, 0.25) is 0 Å². The van der Waals surface area contributed by atoms with E-state index in [9.17, 15) is 0 Å². The third kappa shape index (κ3) is 2.25. The zero-order valence-corrected chi connectivity index (χ0v) is 9.38. The molecule has 0 unspecified atom stereocenters. The molecule has 0 heterocycles. The van der Waals surface area contributed by atoms with Gasteiger partial charge in [0.1, 0.15) is 0 Å². The number of rotatable bonds is 2. The molecular weight excluding hydrogens is 259 g/mol. The van der Waals surface area contributed by atoms with Crippen LogP contribution in [0, 0.1) is 0 Å². The lowest BCUT2D eigenvalue weighted by atomic mass is 10.1. The van der Waals surface area contributed by atoms with Crippen molar-refractivity contribution < 1.29 is 0 Å².